The van der Waals surface area contributed by atoms with Gasteiger partial charge in [0, 0.05) is 31.1 Å². The molecule has 0 radical (unpaired) electrons. The van der Waals surface area contributed by atoms with E-state index in [0.29, 0.717) is 12.1 Å². The lowest BCUT2D eigenvalue weighted by molar-refractivity contribution is -0.121. The first kappa shape index (κ1) is 13.6. The largest absolute Gasteiger partial charge is 0.351 e. The average Bonchev–Trinajstić information content (AvgIpc) is 2.64. The summed E-state index contributed by atoms with van der Waals surface area (Å²) in [6.45, 7) is 4.88. The number of carbonyl (C=O) groups is 1. The smallest absolute Gasteiger partial charge is 0.217 e. The molecule has 3 rings (SSSR count). The lowest BCUT2D eigenvalue weighted by atomic mass is 9.84. The fourth-order valence-electron chi connectivity index (χ4n) is 4.16. The Labute approximate surface area is 121 Å². The molecule has 1 aromatic carbocycles. The van der Waals surface area contributed by atoms with Crippen molar-refractivity contribution in [3.8, 4) is 0 Å². The van der Waals surface area contributed by atoms with Gasteiger partial charge in [0.25, 0.3) is 0 Å². The van der Waals surface area contributed by atoms with Crippen LogP contribution in [0.4, 0.5) is 0 Å². The molecule has 0 aromatic heterocycles. The first-order valence-corrected chi connectivity index (χ1v) is 7.64. The van der Waals surface area contributed by atoms with Gasteiger partial charge in [0.15, 0.2) is 0 Å². The summed E-state index contributed by atoms with van der Waals surface area (Å²) in [5, 5.41) is 3.18. The monoisotopic (exact) mass is 272 g/mol. The summed E-state index contributed by atoms with van der Waals surface area (Å²) >= 11 is 0. The van der Waals surface area contributed by atoms with E-state index in [9.17, 15) is 4.79 Å². The molecule has 108 valence electrons. The summed E-state index contributed by atoms with van der Waals surface area (Å²) in [6, 6.07) is 12.0. The Hall–Kier alpha value is -1.35. The van der Waals surface area contributed by atoms with Gasteiger partial charge in [-0.25, -0.2) is 0 Å². The zero-order valence-corrected chi connectivity index (χ0v) is 12.4. The number of hydrogen-bond donors (Lipinski definition) is 1. The maximum absolute atomic E-state index is 11.4. The Kier molecular flexibility index (Phi) is 3.55. The van der Waals surface area contributed by atoms with Crippen LogP contribution in [-0.4, -0.2) is 28.4 Å². The topological polar surface area (TPSA) is 32.3 Å². The molecule has 0 unspecified atom stereocenters. The summed E-state index contributed by atoms with van der Waals surface area (Å²) in [5.74, 6) is 0.100. The first-order valence-electron chi connectivity index (χ1n) is 7.64. The van der Waals surface area contributed by atoms with E-state index >= 15 is 0 Å². The molecule has 1 amide bonds. The zero-order chi connectivity index (χ0) is 14.2. The van der Waals surface area contributed by atoms with Gasteiger partial charge >= 0.3 is 0 Å². The van der Waals surface area contributed by atoms with E-state index in [2.05, 4.69) is 47.5 Å². The normalized spacial score (nSPS) is 33.1. The number of amides is 1. The van der Waals surface area contributed by atoms with Gasteiger partial charge in [0.2, 0.25) is 5.91 Å². The van der Waals surface area contributed by atoms with Gasteiger partial charge in [-0.3, -0.25) is 9.69 Å². The minimum absolute atomic E-state index is 0.00907. The van der Waals surface area contributed by atoms with Crippen LogP contribution in [0.5, 0.6) is 0 Å². The molecule has 3 heteroatoms. The van der Waals surface area contributed by atoms with Gasteiger partial charge in [-0.1, -0.05) is 30.3 Å². The van der Waals surface area contributed by atoms with E-state index in [1.54, 1.807) is 6.92 Å². The molecule has 0 saturated carbocycles. The Morgan fingerprint density at radius 1 is 1.25 bits per heavy atom. The molecule has 20 heavy (non-hydrogen) atoms. The minimum Gasteiger partial charge on any atom is -0.351 e. The molecule has 0 aliphatic carbocycles. The highest BCUT2D eigenvalue weighted by Gasteiger charge is 2.46. The second-order valence-electron chi connectivity index (χ2n) is 6.69. The average molecular weight is 272 g/mol. The van der Waals surface area contributed by atoms with Crippen molar-refractivity contribution in [2.75, 3.05) is 0 Å². The molecule has 2 aliphatic heterocycles. The fraction of sp³-hybridized carbons (Fsp3) is 0.588. The van der Waals surface area contributed by atoms with Gasteiger partial charge in [-0.15, -0.1) is 0 Å². The van der Waals surface area contributed by atoms with Gasteiger partial charge in [0.05, 0.1) is 0 Å². The highest BCUT2D eigenvalue weighted by atomic mass is 16.1. The molecule has 1 aromatic rings. The summed E-state index contributed by atoms with van der Waals surface area (Å²) in [6.07, 6.45) is 4.70. The van der Waals surface area contributed by atoms with Crippen molar-refractivity contribution in [1.29, 1.82) is 0 Å². The number of piperidine rings is 1. The lowest BCUT2D eigenvalue weighted by Gasteiger charge is -2.45. The van der Waals surface area contributed by atoms with Crippen LogP contribution in [0.3, 0.4) is 0 Å². The highest BCUT2D eigenvalue weighted by Crippen LogP contribution is 2.41. The van der Waals surface area contributed by atoms with Crippen LogP contribution in [0.1, 0.15) is 45.1 Å². The van der Waals surface area contributed by atoms with Crippen LogP contribution in [0.25, 0.3) is 0 Å². The van der Waals surface area contributed by atoms with E-state index in [4.69, 9.17) is 0 Å². The van der Waals surface area contributed by atoms with Crippen molar-refractivity contribution in [2.45, 2.75) is 63.7 Å². The summed E-state index contributed by atoms with van der Waals surface area (Å²) in [4.78, 5) is 14.1. The van der Waals surface area contributed by atoms with Crippen LogP contribution in [0.15, 0.2) is 30.3 Å². The predicted octanol–water partition coefficient (Wildman–Crippen LogP) is 2.71. The Bertz CT molecular complexity index is 471. The van der Waals surface area contributed by atoms with Crippen molar-refractivity contribution in [3.63, 3.8) is 0 Å². The molecular weight excluding hydrogens is 248 g/mol. The molecule has 2 heterocycles. The van der Waals surface area contributed by atoms with Gasteiger partial charge in [-0.2, -0.15) is 0 Å². The number of nitrogens with one attached hydrogen (secondary N) is 1. The number of nitrogens with zero attached hydrogens (tertiary/aromatic N) is 1. The lowest BCUT2D eigenvalue weighted by Crippen LogP contribution is -2.56. The van der Waals surface area contributed by atoms with E-state index in [-0.39, 0.29) is 11.4 Å². The third-order valence-corrected chi connectivity index (χ3v) is 4.83. The standard InChI is InChI=1S/C17H24N2O/c1-13(20)18-17(2)10-15-8-9-16(11-17)19(15)12-14-6-4-3-5-7-14/h3-7,15-16H,8-12H2,1-2H3,(H,18,20)/t15-,16+,17+. The van der Waals surface area contributed by atoms with Gasteiger partial charge in [-0.05, 0) is 38.2 Å². The van der Waals surface area contributed by atoms with Crippen molar-refractivity contribution in [3.05, 3.63) is 35.9 Å². The minimum atomic E-state index is -0.00907. The second-order valence-corrected chi connectivity index (χ2v) is 6.69. The van der Waals surface area contributed by atoms with Crippen molar-refractivity contribution in [1.82, 2.24) is 10.2 Å². The zero-order valence-electron chi connectivity index (χ0n) is 12.4. The Morgan fingerprint density at radius 2 is 1.85 bits per heavy atom. The maximum Gasteiger partial charge on any atom is 0.217 e. The highest BCUT2D eigenvalue weighted by molar-refractivity contribution is 5.73. The molecule has 2 bridgehead atoms. The fourth-order valence-corrected chi connectivity index (χ4v) is 4.16. The van der Waals surface area contributed by atoms with Crippen LogP contribution >= 0.6 is 0 Å². The molecule has 3 nitrogen and oxygen atoms in total. The number of rotatable bonds is 3. The SMILES string of the molecule is CC(=O)N[C@@]1(C)C[C@H]2CC[C@@H](C1)N2Cc1ccccc1. The molecule has 2 saturated heterocycles. The van der Waals surface area contributed by atoms with E-state index in [1.165, 1.54) is 18.4 Å². The molecular formula is C17H24N2O. The Morgan fingerprint density at radius 3 is 2.40 bits per heavy atom. The van der Waals surface area contributed by atoms with Crippen molar-refractivity contribution < 1.29 is 4.79 Å². The number of hydrogen-bond acceptors (Lipinski definition) is 2. The number of benzene rings is 1. The van der Waals surface area contributed by atoms with E-state index in [0.717, 1.165) is 19.4 Å². The van der Waals surface area contributed by atoms with Crippen LogP contribution in [-0.2, 0) is 11.3 Å². The second kappa shape index (κ2) is 5.21. The third kappa shape index (κ3) is 2.73. The number of fused-ring (bicyclic) bond motifs is 2. The van der Waals surface area contributed by atoms with Gasteiger partial charge < -0.3 is 5.32 Å². The number of carbonyl (C=O) groups excluding carboxylic acids is 1. The predicted molar refractivity (Wildman–Crippen MR) is 80.3 cm³/mol. The van der Waals surface area contributed by atoms with Crippen molar-refractivity contribution >= 4 is 5.91 Å². The third-order valence-electron chi connectivity index (χ3n) is 4.83. The van der Waals surface area contributed by atoms with Crippen LogP contribution in [0.2, 0.25) is 0 Å². The van der Waals surface area contributed by atoms with Gasteiger partial charge in [0.1, 0.15) is 0 Å². The molecule has 1 N–H and O–H groups in total. The molecule has 0 spiro atoms. The molecule has 2 aliphatic rings. The quantitative estimate of drug-likeness (QED) is 0.917. The van der Waals surface area contributed by atoms with Crippen molar-refractivity contribution in [2.24, 2.45) is 0 Å². The summed E-state index contributed by atoms with van der Waals surface area (Å²) < 4.78 is 0. The van der Waals surface area contributed by atoms with E-state index in [1.807, 2.05) is 0 Å². The van der Waals surface area contributed by atoms with Crippen LogP contribution in [0, 0.1) is 0 Å². The Balaban J connectivity index is 1.70. The molecule has 3 atom stereocenters. The first-order chi connectivity index (χ1) is 9.56. The summed E-state index contributed by atoms with van der Waals surface area (Å²) in [5.41, 5.74) is 1.39. The van der Waals surface area contributed by atoms with E-state index < -0.39 is 0 Å². The van der Waals surface area contributed by atoms with Crippen LogP contribution < -0.4 is 5.32 Å². The summed E-state index contributed by atoms with van der Waals surface area (Å²) in [7, 11) is 0. The maximum atomic E-state index is 11.4. The molecule has 2 fully saturated rings.